The van der Waals surface area contributed by atoms with E-state index in [1.165, 1.54) is 0 Å². The average molecular weight is 289 g/mol. The van der Waals surface area contributed by atoms with Crippen LogP contribution in [0.25, 0.3) is 0 Å². The third-order valence-corrected chi connectivity index (χ3v) is 3.33. The Bertz CT molecular complexity index is 517. The van der Waals surface area contributed by atoms with Crippen LogP contribution in [0.3, 0.4) is 0 Å². The lowest BCUT2D eigenvalue weighted by Gasteiger charge is -2.17. The fraction of sp³-hybridized carbons (Fsp3) is 0.533. The van der Waals surface area contributed by atoms with Crippen molar-refractivity contribution in [3.63, 3.8) is 0 Å². The molecule has 1 aliphatic rings. The van der Waals surface area contributed by atoms with Crippen molar-refractivity contribution in [2.24, 2.45) is 0 Å². The van der Waals surface area contributed by atoms with Gasteiger partial charge >= 0.3 is 7.12 Å². The van der Waals surface area contributed by atoms with Gasteiger partial charge in [-0.05, 0) is 25.0 Å². The van der Waals surface area contributed by atoms with Crippen LogP contribution in [0.15, 0.2) is 18.2 Å². The standard InChI is InChI=1S/C15H20BNO4/c1-3-4-8-19-10-11(2)20-13-7-5-6-12-14(9-17)21-16(18)15(12)13/h5-7,11,14,18H,3-4,8,10H2,1-2H3. The molecular weight excluding hydrogens is 269 g/mol. The van der Waals surface area contributed by atoms with Crippen LogP contribution in [0.1, 0.15) is 38.4 Å². The predicted octanol–water partition coefficient (Wildman–Crippen LogP) is 1.55. The second kappa shape index (κ2) is 7.46. The fourth-order valence-electron chi connectivity index (χ4n) is 2.27. The van der Waals surface area contributed by atoms with Gasteiger partial charge in [0.25, 0.3) is 0 Å². The summed E-state index contributed by atoms with van der Waals surface area (Å²) in [6.45, 7) is 5.24. The molecule has 1 aromatic carbocycles. The van der Waals surface area contributed by atoms with E-state index < -0.39 is 13.2 Å². The van der Waals surface area contributed by atoms with Gasteiger partial charge in [0.2, 0.25) is 0 Å². The van der Waals surface area contributed by atoms with Gasteiger partial charge in [-0.2, -0.15) is 5.26 Å². The van der Waals surface area contributed by atoms with Gasteiger partial charge < -0.3 is 19.2 Å². The minimum absolute atomic E-state index is 0.137. The monoisotopic (exact) mass is 289 g/mol. The van der Waals surface area contributed by atoms with E-state index in [0.717, 1.165) is 19.4 Å². The maximum absolute atomic E-state index is 9.94. The molecule has 0 saturated heterocycles. The molecule has 1 heterocycles. The second-order valence-corrected chi connectivity index (χ2v) is 5.11. The molecule has 0 radical (unpaired) electrons. The summed E-state index contributed by atoms with van der Waals surface area (Å²) in [6, 6.07) is 7.36. The first-order valence-electron chi connectivity index (χ1n) is 7.27. The average Bonchev–Trinajstić information content (AvgIpc) is 2.81. The van der Waals surface area contributed by atoms with Gasteiger partial charge in [-0.15, -0.1) is 0 Å². The second-order valence-electron chi connectivity index (χ2n) is 5.11. The molecule has 0 aromatic heterocycles. The zero-order chi connectivity index (χ0) is 15.2. The van der Waals surface area contributed by atoms with Crippen LogP contribution < -0.4 is 10.2 Å². The number of ether oxygens (including phenoxy) is 2. The molecule has 0 amide bonds. The molecule has 112 valence electrons. The van der Waals surface area contributed by atoms with Gasteiger partial charge in [0.05, 0.1) is 12.7 Å². The number of hydrogen-bond donors (Lipinski definition) is 1. The summed E-state index contributed by atoms with van der Waals surface area (Å²) >= 11 is 0. The van der Waals surface area contributed by atoms with Crippen molar-refractivity contribution in [3.05, 3.63) is 23.8 Å². The number of benzene rings is 1. The van der Waals surface area contributed by atoms with Crippen molar-refractivity contribution in [2.75, 3.05) is 13.2 Å². The van der Waals surface area contributed by atoms with E-state index in [1.807, 2.05) is 13.0 Å². The minimum atomic E-state index is -1.12. The molecule has 0 aliphatic carbocycles. The van der Waals surface area contributed by atoms with Gasteiger partial charge in [-0.3, -0.25) is 0 Å². The van der Waals surface area contributed by atoms with Crippen molar-refractivity contribution in [2.45, 2.75) is 38.9 Å². The highest BCUT2D eigenvalue weighted by molar-refractivity contribution is 6.63. The van der Waals surface area contributed by atoms with E-state index in [9.17, 15) is 5.02 Å². The van der Waals surface area contributed by atoms with Crippen molar-refractivity contribution in [3.8, 4) is 11.8 Å². The third-order valence-electron chi connectivity index (χ3n) is 3.33. The van der Waals surface area contributed by atoms with Gasteiger partial charge in [0, 0.05) is 12.1 Å². The van der Waals surface area contributed by atoms with Crippen molar-refractivity contribution >= 4 is 12.6 Å². The Labute approximate surface area is 125 Å². The Hall–Kier alpha value is -1.55. The molecule has 0 bridgehead atoms. The van der Waals surface area contributed by atoms with Gasteiger partial charge in [-0.1, -0.05) is 25.5 Å². The van der Waals surface area contributed by atoms with Gasteiger partial charge in [0.1, 0.15) is 11.9 Å². The van der Waals surface area contributed by atoms with Crippen LogP contribution in [0, 0.1) is 11.3 Å². The molecule has 0 fully saturated rings. The maximum atomic E-state index is 9.94. The van der Waals surface area contributed by atoms with E-state index in [1.54, 1.807) is 18.2 Å². The molecule has 2 rings (SSSR count). The largest absolute Gasteiger partial charge is 0.496 e. The topological polar surface area (TPSA) is 71.7 Å². The first-order chi connectivity index (χ1) is 10.2. The summed E-state index contributed by atoms with van der Waals surface area (Å²) in [6.07, 6.45) is 1.25. The van der Waals surface area contributed by atoms with Crippen LogP contribution in [-0.4, -0.2) is 31.5 Å². The molecule has 21 heavy (non-hydrogen) atoms. The van der Waals surface area contributed by atoms with E-state index in [0.29, 0.717) is 23.4 Å². The van der Waals surface area contributed by atoms with E-state index >= 15 is 0 Å². The van der Waals surface area contributed by atoms with E-state index in [-0.39, 0.29) is 6.10 Å². The summed E-state index contributed by atoms with van der Waals surface area (Å²) in [5, 5.41) is 19.0. The summed E-state index contributed by atoms with van der Waals surface area (Å²) in [5.74, 6) is 0.546. The molecule has 1 N–H and O–H groups in total. The van der Waals surface area contributed by atoms with Gasteiger partial charge in [0.15, 0.2) is 6.10 Å². The first-order valence-corrected chi connectivity index (χ1v) is 7.27. The molecule has 6 heteroatoms. The molecule has 0 saturated carbocycles. The molecule has 2 atom stereocenters. The SMILES string of the molecule is CCCCOCC(C)Oc1cccc2c1B(O)OC2C#N. The highest BCUT2D eigenvalue weighted by Crippen LogP contribution is 2.27. The highest BCUT2D eigenvalue weighted by Gasteiger charge is 2.38. The van der Waals surface area contributed by atoms with Crippen LogP contribution in [0.5, 0.6) is 5.75 Å². The Balaban J connectivity index is 2.02. The number of rotatable bonds is 7. The molecule has 2 unspecified atom stereocenters. The predicted molar refractivity (Wildman–Crippen MR) is 79.3 cm³/mol. The van der Waals surface area contributed by atoms with Crippen molar-refractivity contribution in [1.82, 2.24) is 0 Å². The number of hydrogen-bond acceptors (Lipinski definition) is 5. The lowest BCUT2D eigenvalue weighted by Crippen LogP contribution is -2.32. The fourth-order valence-corrected chi connectivity index (χ4v) is 2.27. The Morgan fingerprint density at radius 2 is 2.33 bits per heavy atom. The minimum Gasteiger partial charge on any atom is -0.489 e. The third kappa shape index (κ3) is 3.76. The summed E-state index contributed by atoms with van der Waals surface area (Å²) in [5.41, 5.74) is 1.21. The number of nitrogens with zero attached hydrogens (tertiary/aromatic N) is 1. The Kier molecular flexibility index (Phi) is 5.63. The van der Waals surface area contributed by atoms with Crippen LogP contribution in [0.2, 0.25) is 0 Å². The van der Waals surface area contributed by atoms with Crippen LogP contribution >= 0.6 is 0 Å². The molecule has 1 aromatic rings. The highest BCUT2D eigenvalue weighted by atomic mass is 16.5. The molecule has 0 spiro atoms. The number of fused-ring (bicyclic) bond motifs is 1. The zero-order valence-corrected chi connectivity index (χ0v) is 12.4. The van der Waals surface area contributed by atoms with Crippen LogP contribution in [0.4, 0.5) is 0 Å². The summed E-state index contributed by atoms with van der Waals surface area (Å²) < 4.78 is 16.6. The molecular formula is C15H20BNO4. The smallest absolute Gasteiger partial charge is 0.489 e. The first kappa shape index (κ1) is 15.8. The summed E-state index contributed by atoms with van der Waals surface area (Å²) in [7, 11) is -1.12. The van der Waals surface area contributed by atoms with E-state index in [2.05, 4.69) is 6.92 Å². The lowest BCUT2D eigenvalue weighted by atomic mass is 9.78. The van der Waals surface area contributed by atoms with Crippen LogP contribution in [-0.2, 0) is 9.39 Å². The summed E-state index contributed by atoms with van der Waals surface area (Å²) in [4.78, 5) is 0. The van der Waals surface area contributed by atoms with Crippen molar-refractivity contribution < 1.29 is 19.2 Å². The maximum Gasteiger partial charge on any atom is 0.496 e. The number of unbranched alkanes of at least 4 members (excludes halogenated alkanes) is 1. The Morgan fingerprint density at radius 1 is 1.52 bits per heavy atom. The lowest BCUT2D eigenvalue weighted by molar-refractivity contribution is 0.0576. The van der Waals surface area contributed by atoms with E-state index in [4.69, 9.17) is 19.4 Å². The quantitative estimate of drug-likeness (QED) is 0.609. The molecule has 1 aliphatic heterocycles. The van der Waals surface area contributed by atoms with Gasteiger partial charge in [-0.25, -0.2) is 0 Å². The number of nitriles is 1. The van der Waals surface area contributed by atoms with Crippen molar-refractivity contribution in [1.29, 1.82) is 5.26 Å². The molecule has 5 nitrogen and oxygen atoms in total. The normalized spacial score (nSPS) is 18.2. The Morgan fingerprint density at radius 3 is 3.05 bits per heavy atom. The zero-order valence-electron chi connectivity index (χ0n) is 12.4.